The Labute approximate surface area is 126 Å². The molecule has 1 aromatic carbocycles. The summed E-state index contributed by atoms with van der Waals surface area (Å²) in [6.45, 7) is 2.34. The van der Waals surface area contributed by atoms with E-state index < -0.39 is 0 Å². The van der Waals surface area contributed by atoms with Gasteiger partial charge >= 0.3 is 0 Å². The van der Waals surface area contributed by atoms with E-state index in [2.05, 4.69) is 15.3 Å². The molecule has 0 fully saturated rings. The molecule has 21 heavy (non-hydrogen) atoms. The maximum atomic E-state index is 5.96. The minimum absolute atomic E-state index is 0.141. The highest BCUT2D eigenvalue weighted by molar-refractivity contribution is 6.30. The molecule has 0 saturated heterocycles. The Morgan fingerprint density at radius 2 is 2.29 bits per heavy atom. The quantitative estimate of drug-likeness (QED) is 0.801. The highest BCUT2D eigenvalue weighted by Gasteiger charge is 2.10. The normalized spacial score (nSPS) is 12.5. The van der Waals surface area contributed by atoms with E-state index in [0.29, 0.717) is 17.5 Å². The predicted molar refractivity (Wildman–Crippen MR) is 78.7 cm³/mol. The Morgan fingerprint density at radius 1 is 1.43 bits per heavy atom. The fraction of sp³-hybridized carbons (Fsp3) is 0.214. The third kappa shape index (κ3) is 3.12. The van der Waals surface area contributed by atoms with Crippen molar-refractivity contribution >= 4 is 11.6 Å². The first-order valence-corrected chi connectivity index (χ1v) is 6.85. The van der Waals surface area contributed by atoms with Gasteiger partial charge in [-0.1, -0.05) is 22.9 Å². The van der Waals surface area contributed by atoms with Crippen LogP contribution in [0.25, 0.3) is 11.5 Å². The summed E-state index contributed by atoms with van der Waals surface area (Å²) in [6.07, 6.45) is 3.40. The van der Waals surface area contributed by atoms with Gasteiger partial charge in [0.1, 0.15) is 12.0 Å². The number of aromatic nitrogens is 4. The first kappa shape index (κ1) is 13.8. The van der Waals surface area contributed by atoms with Gasteiger partial charge < -0.3 is 10.2 Å². The molecule has 0 amide bonds. The second-order valence-electron chi connectivity index (χ2n) is 4.78. The van der Waals surface area contributed by atoms with Crippen molar-refractivity contribution in [2.45, 2.75) is 19.5 Å². The molecule has 2 aromatic heterocycles. The zero-order chi connectivity index (χ0) is 14.8. The van der Waals surface area contributed by atoms with Crippen molar-refractivity contribution < 1.29 is 4.42 Å². The summed E-state index contributed by atoms with van der Waals surface area (Å²) in [7, 11) is 0. The number of nitrogens with zero attached hydrogens (tertiary/aromatic N) is 4. The molecular formula is C14H14ClN5O. The minimum atomic E-state index is -0.141. The predicted octanol–water partition coefficient (Wildman–Crippen LogP) is 2.65. The third-order valence-electron chi connectivity index (χ3n) is 2.97. The number of nitrogens with two attached hydrogens (primary N) is 1. The van der Waals surface area contributed by atoms with Gasteiger partial charge in [-0.25, -0.2) is 9.67 Å². The van der Waals surface area contributed by atoms with Gasteiger partial charge in [-0.3, -0.25) is 0 Å². The second-order valence-corrected chi connectivity index (χ2v) is 5.22. The van der Waals surface area contributed by atoms with Crippen LogP contribution in [-0.2, 0) is 6.54 Å². The molecular weight excluding hydrogens is 290 g/mol. The molecule has 0 radical (unpaired) electrons. The van der Waals surface area contributed by atoms with E-state index in [0.717, 1.165) is 17.0 Å². The largest absolute Gasteiger partial charge is 0.444 e. The fourth-order valence-corrected chi connectivity index (χ4v) is 2.09. The van der Waals surface area contributed by atoms with Gasteiger partial charge in [0.2, 0.25) is 5.89 Å². The molecule has 0 aliphatic rings. The van der Waals surface area contributed by atoms with E-state index in [1.54, 1.807) is 29.3 Å². The van der Waals surface area contributed by atoms with Gasteiger partial charge in [0.05, 0.1) is 18.4 Å². The number of hydrogen-bond acceptors (Lipinski definition) is 5. The zero-order valence-electron chi connectivity index (χ0n) is 11.4. The van der Waals surface area contributed by atoms with Gasteiger partial charge in [0.15, 0.2) is 0 Å². The number of hydrogen-bond donors (Lipinski definition) is 1. The topological polar surface area (TPSA) is 82.8 Å². The summed E-state index contributed by atoms with van der Waals surface area (Å²) in [5.41, 5.74) is 8.09. The molecule has 0 aliphatic heterocycles. The summed E-state index contributed by atoms with van der Waals surface area (Å²) >= 11 is 5.96. The third-order valence-corrected chi connectivity index (χ3v) is 3.21. The number of oxazole rings is 1. The van der Waals surface area contributed by atoms with Crippen molar-refractivity contribution in [1.82, 2.24) is 20.0 Å². The average Bonchev–Trinajstić information content (AvgIpc) is 3.08. The Balaban J connectivity index is 1.78. The lowest BCUT2D eigenvalue weighted by Gasteiger charge is -1.97. The highest BCUT2D eigenvalue weighted by atomic mass is 35.5. The monoisotopic (exact) mass is 303 g/mol. The molecule has 1 atom stereocenters. The second kappa shape index (κ2) is 5.67. The molecule has 7 heteroatoms. The van der Waals surface area contributed by atoms with E-state index in [-0.39, 0.29) is 6.04 Å². The zero-order valence-corrected chi connectivity index (χ0v) is 12.2. The van der Waals surface area contributed by atoms with Crippen LogP contribution in [0.2, 0.25) is 5.02 Å². The summed E-state index contributed by atoms with van der Waals surface area (Å²) in [6, 6.07) is 7.22. The van der Waals surface area contributed by atoms with E-state index in [9.17, 15) is 0 Å². The molecule has 3 aromatic rings. The van der Waals surface area contributed by atoms with Gasteiger partial charge in [-0.15, -0.1) is 5.10 Å². The van der Waals surface area contributed by atoms with Crippen molar-refractivity contribution in [3.05, 3.63) is 53.1 Å². The van der Waals surface area contributed by atoms with Crippen molar-refractivity contribution in [2.75, 3.05) is 0 Å². The van der Waals surface area contributed by atoms with Crippen LogP contribution in [0.4, 0.5) is 0 Å². The van der Waals surface area contributed by atoms with E-state index >= 15 is 0 Å². The van der Waals surface area contributed by atoms with Crippen LogP contribution in [0.15, 0.2) is 41.1 Å². The summed E-state index contributed by atoms with van der Waals surface area (Å²) < 4.78 is 7.16. The van der Waals surface area contributed by atoms with Crippen LogP contribution < -0.4 is 5.73 Å². The summed E-state index contributed by atoms with van der Waals surface area (Å²) in [4.78, 5) is 4.43. The van der Waals surface area contributed by atoms with Gasteiger partial charge in [0.25, 0.3) is 0 Å². The molecule has 2 N–H and O–H groups in total. The smallest absolute Gasteiger partial charge is 0.226 e. The highest BCUT2D eigenvalue weighted by Crippen LogP contribution is 2.22. The van der Waals surface area contributed by atoms with Crippen LogP contribution in [0.1, 0.15) is 24.4 Å². The van der Waals surface area contributed by atoms with Crippen molar-refractivity contribution in [3.63, 3.8) is 0 Å². The number of benzene rings is 1. The molecule has 0 spiro atoms. The SMILES string of the molecule is CC(N)c1cn(Cc2coc(-c3cccc(Cl)c3)n2)nn1. The Hall–Kier alpha value is -2.18. The first-order valence-electron chi connectivity index (χ1n) is 6.48. The van der Waals surface area contributed by atoms with Crippen LogP contribution >= 0.6 is 11.6 Å². The van der Waals surface area contributed by atoms with Crippen LogP contribution in [-0.4, -0.2) is 20.0 Å². The summed E-state index contributed by atoms with van der Waals surface area (Å²) in [5, 5.41) is 8.66. The summed E-state index contributed by atoms with van der Waals surface area (Å²) in [5.74, 6) is 0.528. The lowest BCUT2D eigenvalue weighted by atomic mass is 10.2. The lowest BCUT2D eigenvalue weighted by molar-refractivity contribution is 0.568. The molecule has 0 saturated carbocycles. The van der Waals surface area contributed by atoms with E-state index in [1.165, 1.54) is 0 Å². The van der Waals surface area contributed by atoms with E-state index in [4.69, 9.17) is 21.8 Å². The van der Waals surface area contributed by atoms with Crippen molar-refractivity contribution in [2.24, 2.45) is 5.73 Å². The van der Waals surface area contributed by atoms with Crippen molar-refractivity contribution in [3.8, 4) is 11.5 Å². The Kier molecular flexibility index (Phi) is 3.72. The molecule has 6 nitrogen and oxygen atoms in total. The molecule has 108 valence electrons. The molecule has 0 aliphatic carbocycles. The molecule has 2 heterocycles. The van der Waals surface area contributed by atoms with Crippen LogP contribution in [0, 0.1) is 0 Å². The minimum Gasteiger partial charge on any atom is -0.444 e. The number of halogens is 1. The molecule has 0 bridgehead atoms. The standard InChI is InChI=1S/C14H14ClN5O/c1-9(16)13-7-20(19-18-13)6-12-8-21-14(17-12)10-3-2-4-11(15)5-10/h2-5,7-9H,6,16H2,1H3. The fourth-order valence-electron chi connectivity index (χ4n) is 1.90. The lowest BCUT2D eigenvalue weighted by Crippen LogP contribution is -2.05. The van der Waals surface area contributed by atoms with Crippen molar-refractivity contribution in [1.29, 1.82) is 0 Å². The Bertz CT molecular complexity index is 749. The van der Waals surface area contributed by atoms with E-state index in [1.807, 2.05) is 19.1 Å². The van der Waals surface area contributed by atoms with Gasteiger partial charge in [-0.2, -0.15) is 0 Å². The average molecular weight is 304 g/mol. The molecule has 1 unspecified atom stereocenters. The van der Waals surface area contributed by atoms with Gasteiger partial charge in [-0.05, 0) is 25.1 Å². The first-order chi connectivity index (χ1) is 10.1. The van der Waals surface area contributed by atoms with Crippen LogP contribution in [0.5, 0.6) is 0 Å². The maximum absolute atomic E-state index is 5.96. The van der Waals surface area contributed by atoms with Gasteiger partial charge in [0, 0.05) is 16.6 Å². The van der Waals surface area contributed by atoms with Crippen LogP contribution in [0.3, 0.4) is 0 Å². The number of rotatable bonds is 4. The molecule has 3 rings (SSSR count). The Morgan fingerprint density at radius 3 is 3.00 bits per heavy atom. The maximum Gasteiger partial charge on any atom is 0.226 e.